The van der Waals surface area contributed by atoms with Crippen LogP contribution in [-0.4, -0.2) is 5.11 Å². The van der Waals surface area contributed by atoms with Gasteiger partial charge in [-0.15, -0.1) is 11.3 Å². The van der Waals surface area contributed by atoms with Crippen LogP contribution in [-0.2, 0) is 11.9 Å². The Kier molecular flexibility index (Phi) is 2.91. The van der Waals surface area contributed by atoms with Gasteiger partial charge < -0.3 is 5.11 Å². The second kappa shape index (κ2) is 4.01. The third-order valence-corrected chi connectivity index (χ3v) is 4.16. The van der Waals surface area contributed by atoms with E-state index >= 15 is 0 Å². The lowest BCUT2D eigenvalue weighted by molar-refractivity contribution is 0.280. The molecule has 0 saturated carbocycles. The van der Waals surface area contributed by atoms with E-state index in [1.807, 2.05) is 0 Å². The fraction of sp³-hybridized carbons (Fsp3) is 0.273. The number of aliphatic hydroxyl groups excluding tert-OH is 1. The molecule has 14 heavy (non-hydrogen) atoms. The van der Waals surface area contributed by atoms with Gasteiger partial charge in [-0.2, -0.15) is 0 Å². The van der Waals surface area contributed by atoms with E-state index in [0.717, 1.165) is 10.9 Å². The summed E-state index contributed by atoms with van der Waals surface area (Å²) in [7, 11) is 0. The molecule has 0 saturated heterocycles. The smallest absolute Gasteiger partial charge is 0.0687 e. The van der Waals surface area contributed by atoms with Crippen molar-refractivity contribution in [1.29, 1.82) is 0 Å². The Balaban J connectivity index is 2.79. The summed E-state index contributed by atoms with van der Waals surface area (Å²) in [5, 5.41) is 13.5. The molecule has 1 nitrogen and oxygen atoms in total. The van der Waals surface area contributed by atoms with Crippen LogP contribution in [0.2, 0.25) is 0 Å². The van der Waals surface area contributed by atoms with Crippen molar-refractivity contribution in [2.24, 2.45) is 0 Å². The first-order chi connectivity index (χ1) is 6.77. The normalized spacial score (nSPS) is 11.1. The number of aryl methyl sites for hydroxylation is 1. The molecular weight excluding hydrogens is 260 g/mol. The molecule has 0 bridgehead atoms. The number of halogens is 1. The molecule has 1 aromatic heterocycles. The zero-order chi connectivity index (χ0) is 10.1. The number of thiophene rings is 1. The van der Waals surface area contributed by atoms with E-state index in [4.69, 9.17) is 0 Å². The first kappa shape index (κ1) is 10.1. The minimum absolute atomic E-state index is 0.126. The molecule has 0 spiro atoms. The Hall–Kier alpha value is -0.380. The van der Waals surface area contributed by atoms with Gasteiger partial charge in [0, 0.05) is 10.0 Å². The lowest BCUT2D eigenvalue weighted by atomic mass is 10.0. The van der Waals surface area contributed by atoms with Crippen LogP contribution < -0.4 is 0 Å². The van der Waals surface area contributed by atoms with E-state index in [-0.39, 0.29) is 6.61 Å². The van der Waals surface area contributed by atoms with Gasteiger partial charge in [0.05, 0.1) is 6.61 Å². The zero-order valence-electron chi connectivity index (χ0n) is 7.88. The Morgan fingerprint density at radius 3 is 2.93 bits per heavy atom. The molecule has 0 atom stereocenters. The van der Waals surface area contributed by atoms with E-state index in [1.54, 1.807) is 11.3 Å². The highest BCUT2D eigenvalue weighted by atomic mass is 79.9. The number of hydrogen-bond acceptors (Lipinski definition) is 2. The van der Waals surface area contributed by atoms with Gasteiger partial charge >= 0.3 is 0 Å². The number of hydrogen-bond donors (Lipinski definition) is 1. The molecule has 1 N–H and O–H groups in total. The predicted octanol–water partition coefficient (Wildman–Crippen LogP) is 3.60. The minimum Gasteiger partial charge on any atom is -0.392 e. The van der Waals surface area contributed by atoms with Crippen LogP contribution in [0.1, 0.15) is 16.7 Å². The standard InChI is InChI=1S/C11H11BrOS/c1-7-10(6-13)9(5-12)4-8-2-3-14-11(7)8/h2-4,13H,5-6H2,1H3. The first-order valence-corrected chi connectivity index (χ1v) is 6.43. The van der Waals surface area contributed by atoms with Crippen molar-refractivity contribution < 1.29 is 5.11 Å². The van der Waals surface area contributed by atoms with Crippen LogP contribution in [0.4, 0.5) is 0 Å². The molecule has 2 rings (SSSR count). The Morgan fingerprint density at radius 2 is 2.29 bits per heavy atom. The molecule has 0 fully saturated rings. The third kappa shape index (κ3) is 1.49. The first-order valence-electron chi connectivity index (χ1n) is 4.43. The maximum absolute atomic E-state index is 9.31. The summed E-state index contributed by atoms with van der Waals surface area (Å²) >= 11 is 5.19. The summed E-state index contributed by atoms with van der Waals surface area (Å²) in [6, 6.07) is 4.28. The van der Waals surface area contributed by atoms with E-state index in [2.05, 4.69) is 40.4 Å². The summed E-state index contributed by atoms with van der Waals surface area (Å²) in [5.74, 6) is 0. The fourth-order valence-electron chi connectivity index (χ4n) is 1.73. The monoisotopic (exact) mass is 270 g/mol. The number of aliphatic hydroxyl groups is 1. The topological polar surface area (TPSA) is 20.2 Å². The lowest BCUT2D eigenvalue weighted by Gasteiger charge is -2.09. The summed E-state index contributed by atoms with van der Waals surface area (Å²) < 4.78 is 1.29. The van der Waals surface area contributed by atoms with Crippen LogP contribution >= 0.6 is 27.3 Å². The Labute approximate surface area is 95.5 Å². The van der Waals surface area contributed by atoms with Crippen LogP contribution in [0.25, 0.3) is 10.1 Å². The quantitative estimate of drug-likeness (QED) is 0.827. The highest BCUT2D eigenvalue weighted by Crippen LogP contribution is 2.30. The molecule has 2 aromatic rings. The molecule has 0 aliphatic rings. The molecular formula is C11H11BrOS. The van der Waals surface area contributed by atoms with Crippen LogP contribution in [0.5, 0.6) is 0 Å². The summed E-state index contributed by atoms with van der Waals surface area (Å²) in [5.41, 5.74) is 3.47. The van der Waals surface area contributed by atoms with Crippen molar-refractivity contribution >= 4 is 37.4 Å². The van der Waals surface area contributed by atoms with E-state index < -0.39 is 0 Å². The van der Waals surface area contributed by atoms with Crippen molar-refractivity contribution in [2.75, 3.05) is 0 Å². The van der Waals surface area contributed by atoms with Gasteiger partial charge in [0.15, 0.2) is 0 Å². The van der Waals surface area contributed by atoms with Gasteiger partial charge in [-0.25, -0.2) is 0 Å². The SMILES string of the molecule is Cc1c(CO)c(CBr)cc2ccsc12. The van der Waals surface area contributed by atoms with Gasteiger partial charge in [-0.1, -0.05) is 15.9 Å². The largest absolute Gasteiger partial charge is 0.392 e. The third-order valence-electron chi connectivity index (χ3n) is 2.51. The number of fused-ring (bicyclic) bond motifs is 1. The Morgan fingerprint density at radius 1 is 1.50 bits per heavy atom. The second-order valence-corrected chi connectivity index (χ2v) is 4.75. The highest BCUT2D eigenvalue weighted by molar-refractivity contribution is 9.08. The number of benzene rings is 1. The number of rotatable bonds is 2. The van der Waals surface area contributed by atoms with Gasteiger partial charge in [0.2, 0.25) is 0 Å². The Bertz CT molecular complexity index is 462. The molecule has 0 radical (unpaired) electrons. The molecule has 0 aliphatic heterocycles. The molecule has 0 aliphatic carbocycles. The van der Waals surface area contributed by atoms with Crippen LogP contribution in [0.15, 0.2) is 17.5 Å². The summed E-state index contributed by atoms with van der Waals surface area (Å²) in [6.45, 7) is 2.21. The minimum atomic E-state index is 0.126. The van der Waals surface area contributed by atoms with E-state index in [0.29, 0.717) is 0 Å². The van der Waals surface area contributed by atoms with Crippen molar-refractivity contribution in [3.63, 3.8) is 0 Å². The van der Waals surface area contributed by atoms with Crippen molar-refractivity contribution in [3.05, 3.63) is 34.2 Å². The average Bonchev–Trinajstić information content (AvgIpc) is 2.65. The average molecular weight is 271 g/mol. The summed E-state index contributed by atoms with van der Waals surface area (Å²) in [6.07, 6.45) is 0. The molecule has 74 valence electrons. The molecule has 1 heterocycles. The van der Waals surface area contributed by atoms with Crippen molar-refractivity contribution in [1.82, 2.24) is 0 Å². The van der Waals surface area contributed by atoms with Crippen LogP contribution in [0, 0.1) is 6.92 Å². The zero-order valence-corrected chi connectivity index (χ0v) is 10.3. The van der Waals surface area contributed by atoms with Gasteiger partial charge in [0.1, 0.15) is 0 Å². The van der Waals surface area contributed by atoms with Gasteiger partial charge in [0.25, 0.3) is 0 Å². The predicted molar refractivity (Wildman–Crippen MR) is 65.1 cm³/mol. The van der Waals surface area contributed by atoms with Gasteiger partial charge in [-0.3, -0.25) is 0 Å². The fourth-order valence-corrected chi connectivity index (χ4v) is 3.14. The van der Waals surface area contributed by atoms with Crippen molar-refractivity contribution in [3.8, 4) is 0 Å². The van der Waals surface area contributed by atoms with Gasteiger partial charge in [-0.05, 0) is 46.5 Å². The summed E-state index contributed by atoms with van der Waals surface area (Å²) in [4.78, 5) is 0. The molecule has 3 heteroatoms. The second-order valence-electron chi connectivity index (χ2n) is 3.27. The lowest BCUT2D eigenvalue weighted by Crippen LogP contribution is -1.95. The number of alkyl halides is 1. The van der Waals surface area contributed by atoms with Crippen LogP contribution in [0.3, 0.4) is 0 Å². The maximum atomic E-state index is 9.31. The van der Waals surface area contributed by atoms with Crippen molar-refractivity contribution in [2.45, 2.75) is 18.9 Å². The highest BCUT2D eigenvalue weighted by Gasteiger charge is 2.09. The van der Waals surface area contributed by atoms with E-state index in [1.165, 1.54) is 21.2 Å². The van der Waals surface area contributed by atoms with E-state index in [9.17, 15) is 5.11 Å². The molecule has 0 unspecified atom stereocenters. The maximum Gasteiger partial charge on any atom is 0.0687 e. The molecule has 1 aromatic carbocycles. The molecule has 0 amide bonds.